The Morgan fingerprint density at radius 1 is 1.11 bits per heavy atom. The number of halogens is 1. The van der Waals surface area contributed by atoms with Crippen LogP contribution >= 0.6 is 11.6 Å². The third-order valence-corrected chi connectivity index (χ3v) is 6.79. The van der Waals surface area contributed by atoms with Crippen LogP contribution in [-0.2, 0) is 4.74 Å². The van der Waals surface area contributed by atoms with Gasteiger partial charge in [-0.2, -0.15) is 5.10 Å². The molecule has 1 aliphatic rings. The van der Waals surface area contributed by atoms with Gasteiger partial charge in [0, 0.05) is 35.8 Å². The summed E-state index contributed by atoms with van der Waals surface area (Å²) in [5, 5.41) is 8.23. The number of methoxy groups -OCH3 is 1. The van der Waals surface area contributed by atoms with Gasteiger partial charge in [0.15, 0.2) is 0 Å². The first-order valence-electron chi connectivity index (χ1n) is 12.3. The number of aromatic nitrogens is 2. The highest BCUT2D eigenvalue weighted by atomic mass is 35.5. The zero-order valence-corrected chi connectivity index (χ0v) is 22.6. The van der Waals surface area contributed by atoms with Crippen molar-refractivity contribution in [1.29, 1.82) is 0 Å². The zero-order valence-electron chi connectivity index (χ0n) is 21.9. The van der Waals surface area contributed by atoms with E-state index in [1.165, 1.54) is 0 Å². The van der Waals surface area contributed by atoms with E-state index in [0.29, 0.717) is 48.0 Å². The van der Waals surface area contributed by atoms with Crippen molar-refractivity contribution in [3.63, 3.8) is 0 Å². The second-order valence-corrected chi connectivity index (χ2v) is 10.6. The molecular formula is C28H33ClN4O4. The predicted molar refractivity (Wildman–Crippen MR) is 144 cm³/mol. The summed E-state index contributed by atoms with van der Waals surface area (Å²) in [4.78, 5) is 27.8. The Balaban J connectivity index is 1.65. The molecule has 4 rings (SSSR count). The maximum Gasteiger partial charge on any atom is 0.410 e. The number of nitrogens with one attached hydrogen (secondary N) is 1. The van der Waals surface area contributed by atoms with Crippen LogP contribution < -0.4 is 10.1 Å². The van der Waals surface area contributed by atoms with Crippen LogP contribution in [0.25, 0.3) is 5.69 Å². The van der Waals surface area contributed by atoms with Gasteiger partial charge in [0.25, 0.3) is 5.91 Å². The minimum Gasteiger partial charge on any atom is -0.497 e. The minimum absolute atomic E-state index is 0.00521. The Kier molecular flexibility index (Phi) is 7.78. The number of benzene rings is 2. The highest BCUT2D eigenvalue weighted by molar-refractivity contribution is 6.31. The number of hydrogen-bond acceptors (Lipinski definition) is 5. The largest absolute Gasteiger partial charge is 0.497 e. The van der Waals surface area contributed by atoms with Gasteiger partial charge in [-0.15, -0.1) is 0 Å². The molecule has 0 atom stereocenters. The van der Waals surface area contributed by atoms with Crippen molar-refractivity contribution in [1.82, 2.24) is 14.7 Å². The van der Waals surface area contributed by atoms with Gasteiger partial charge >= 0.3 is 6.09 Å². The molecule has 1 saturated heterocycles. The average Bonchev–Trinajstić information content (AvgIpc) is 3.30. The molecule has 2 amide bonds. The van der Waals surface area contributed by atoms with E-state index >= 15 is 0 Å². The molecule has 9 heteroatoms. The van der Waals surface area contributed by atoms with Crippen LogP contribution in [0.2, 0.25) is 5.02 Å². The number of nitrogens with zero attached hydrogens (tertiary/aromatic N) is 3. The molecule has 0 saturated carbocycles. The van der Waals surface area contributed by atoms with Crippen molar-refractivity contribution >= 4 is 29.3 Å². The highest BCUT2D eigenvalue weighted by Gasteiger charge is 2.32. The lowest BCUT2D eigenvalue weighted by atomic mass is 9.90. The molecule has 196 valence electrons. The fraction of sp³-hybridized carbons (Fsp3) is 0.393. The number of carbonyl (C=O) groups is 2. The second-order valence-electron chi connectivity index (χ2n) is 10.2. The Morgan fingerprint density at radius 3 is 2.49 bits per heavy atom. The number of amides is 2. The van der Waals surface area contributed by atoms with E-state index in [4.69, 9.17) is 21.1 Å². The molecule has 0 bridgehead atoms. The van der Waals surface area contributed by atoms with Gasteiger partial charge in [0.1, 0.15) is 11.4 Å². The van der Waals surface area contributed by atoms with Gasteiger partial charge in [-0.1, -0.05) is 23.7 Å². The fourth-order valence-corrected chi connectivity index (χ4v) is 4.67. The van der Waals surface area contributed by atoms with E-state index in [2.05, 4.69) is 10.4 Å². The van der Waals surface area contributed by atoms with Gasteiger partial charge in [0.2, 0.25) is 0 Å². The Bertz CT molecular complexity index is 1290. The van der Waals surface area contributed by atoms with E-state index in [1.54, 1.807) is 24.3 Å². The van der Waals surface area contributed by atoms with Gasteiger partial charge in [-0.05, 0) is 70.4 Å². The minimum atomic E-state index is -0.554. The first-order valence-corrected chi connectivity index (χ1v) is 12.7. The van der Waals surface area contributed by atoms with E-state index < -0.39 is 5.60 Å². The Morgan fingerprint density at radius 2 is 1.81 bits per heavy atom. The van der Waals surface area contributed by atoms with E-state index in [0.717, 1.165) is 16.9 Å². The summed E-state index contributed by atoms with van der Waals surface area (Å²) in [6.45, 7) is 8.56. The lowest BCUT2D eigenvalue weighted by Crippen LogP contribution is -2.41. The Hall–Kier alpha value is -3.52. The van der Waals surface area contributed by atoms with Crippen molar-refractivity contribution in [3.8, 4) is 11.4 Å². The number of anilines is 1. The number of carbonyl (C=O) groups excluding carboxylic acids is 2. The molecule has 37 heavy (non-hydrogen) atoms. The van der Waals surface area contributed by atoms with Crippen LogP contribution in [-0.4, -0.2) is 52.5 Å². The monoisotopic (exact) mass is 524 g/mol. The van der Waals surface area contributed by atoms with Crippen molar-refractivity contribution in [2.75, 3.05) is 25.5 Å². The van der Waals surface area contributed by atoms with Crippen molar-refractivity contribution in [2.45, 2.75) is 52.1 Å². The van der Waals surface area contributed by atoms with Gasteiger partial charge < -0.3 is 19.7 Å². The van der Waals surface area contributed by atoms with Crippen molar-refractivity contribution < 1.29 is 19.1 Å². The summed E-state index contributed by atoms with van der Waals surface area (Å²) >= 11 is 6.42. The molecule has 0 aliphatic carbocycles. The van der Waals surface area contributed by atoms with Crippen LogP contribution in [0.3, 0.4) is 0 Å². The predicted octanol–water partition coefficient (Wildman–Crippen LogP) is 6.21. The molecule has 8 nitrogen and oxygen atoms in total. The standard InChI is InChI=1S/C28H33ClN4O4/c1-18-23(29)10-7-11-24(18)33-25(19-12-14-32(15-13-19)27(35)37-28(2,3)4)22(17-30-33)26(34)31-20-8-6-9-21(16-20)36-5/h6-11,16-17,19H,12-15H2,1-5H3,(H,31,34). The van der Waals surface area contributed by atoms with Crippen LogP contribution in [0.5, 0.6) is 5.75 Å². The third kappa shape index (κ3) is 6.07. The summed E-state index contributed by atoms with van der Waals surface area (Å²) in [5.41, 5.74) is 3.05. The quantitative estimate of drug-likeness (QED) is 0.429. The lowest BCUT2D eigenvalue weighted by Gasteiger charge is -2.34. The van der Waals surface area contributed by atoms with E-state index in [9.17, 15) is 9.59 Å². The van der Waals surface area contributed by atoms with Crippen LogP contribution in [0.15, 0.2) is 48.7 Å². The van der Waals surface area contributed by atoms with E-state index in [1.807, 2.05) is 68.8 Å². The van der Waals surface area contributed by atoms with Crippen LogP contribution in [0.4, 0.5) is 10.5 Å². The summed E-state index contributed by atoms with van der Waals surface area (Å²) in [6, 6.07) is 12.9. The number of piperidine rings is 1. The zero-order chi connectivity index (χ0) is 26.7. The SMILES string of the molecule is COc1cccc(NC(=O)c2cnn(-c3cccc(Cl)c3C)c2C2CCN(C(=O)OC(C)(C)C)CC2)c1. The van der Waals surface area contributed by atoms with Crippen LogP contribution in [0, 0.1) is 6.92 Å². The third-order valence-electron chi connectivity index (χ3n) is 6.38. The van der Waals surface area contributed by atoms with E-state index in [-0.39, 0.29) is 17.9 Å². The van der Waals surface area contributed by atoms with Gasteiger partial charge in [-0.3, -0.25) is 4.79 Å². The number of likely N-dealkylation sites (tertiary alicyclic amines) is 1. The molecule has 2 aromatic carbocycles. The highest BCUT2D eigenvalue weighted by Crippen LogP contribution is 2.34. The second kappa shape index (κ2) is 10.8. The van der Waals surface area contributed by atoms with Gasteiger partial charge in [0.05, 0.1) is 30.3 Å². The molecule has 0 radical (unpaired) electrons. The number of rotatable bonds is 5. The van der Waals surface area contributed by atoms with Crippen molar-refractivity contribution in [2.24, 2.45) is 0 Å². The molecule has 0 spiro atoms. The summed E-state index contributed by atoms with van der Waals surface area (Å²) in [5.74, 6) is 0.396. The number of hydrogen-bond donors (Lipinski definition) is 1. The van der Waals surface area contributed by atoms with Crippen LogP contribution in [0.1, 0.15) is 61.1 Å². The summed E-state index contributed by atoms with van der Waals surface area (Å²) in [6.07, 6.45) is 2.63. The molecule has 2 heterocycles. The summed E-state index contributed by atoms with van der Waals surface area (Å²) < 4.78 is 12.7. The van der Waals surface area contributed by atoms with Crippen molar-refractivity contribution in [3.05, 3.63) is 70.5 Å². The van der Waals surface area contributed by atoms with Gasteiger partial charge in [-0.25, -0.2) is 9.48 Å². The maximum atomic E-state index is 13.5. The summed E-state index contributed by atoms with van der Waals surface area (Å²) in [7, 11) is 1.58. The molecule has 1 N–H and O–H groups in total. The Labute approximate surface area is 222 Å². The first-order chi connectivity index (χ1) is 17.6. The molecule has 3 aromatic rings. The topological polar surface area (TPSA) is 85.7 Å². The average molecular weight is 525 g/mol. The normalized spacial score (nSPS) is 14.4. The molecule has 0 unspecified atom stereocenters. The molecule has 1 aromatic heterocycles. The molecule has 1 aliphatic heterocycles. The molecule has 1 fully saturated rings. The first kappa shape index (κ1) is 26.5. The lowest BCUT2D eigenvalue weighted by molar-refractivity contribution is 0.0203. The number of ether oxygens (including phenoxy) is 2. The molecular weight excluding hydrogens is 492 g/mol. The maximum absolute atomic E-state index is 13.5. The fourth-order valence-electron chi connectivity index (χ4n) is 4.50. The smallest absolute Gasteiger partial charge is 0.410 e.